The molecule has 0 aliphatic heterocycles. The molecule has 0 bridgehead atoms. The minimum atomic E-state index is -0.106. The average Bonchev–Trinajstić information content (AvgIpc) is 2.03. The highest BCUT2D eigenvalue weighted by Crippen LogP contribution is 2.21. The van der Waals surface area contributed by atoms with E-state index in [9.17, 15) is 4.79 Å². The summed E-state index contributed by atoms with van der Waals surface area (Å²) in [6.07, 6.45) is 0.904. The molecule has 0 aliphatic carbocycles. The van der Waals surface area contributed by atoms with Gasteiger partial charge in [-0.3, -0.25) is 0 Å². The van der Waals surface area contributed by atoms with Gasteiger partial charge in [0, 0.05) is 11.6 Å². The lowest BCUT2D eigenvalue weighted by molar-refractivity contribution is -0.108. The number of benzene rings is 1. The van der Waals surface area contributed by atoms with Crippen molar-refractivity contribution in [2.75, 3.05) is 5.73 Å². The van der Waals surface area contributed by atoms with Crippen molar-refractivity contribution in [1.82, 2.24) is 0 Å². The van der Waals surface area contributed by atoms with Gasteiger partial charge in [-0.05, 0) is 24.1 Å². The molecule has 2 nitrogen and oxygen atoms in total. The summed E-state index contributed by atoms with van der Waals surface area (Å²) in [6, 6.07) is 5.75. The van der Waals surface area contributed by atoms with Gasteiger partial charge in [-0.2, -0.15) is 0 Å². The summed E-state index contributed by atoms with van der Waals surface area (Å²) in [4.78, 5) is 10.5. The summed E-state index contributed by atoms with van der Waals surface area (Å²) in [6.45, 7) is 3.82. The van der Waals surface area contributed by atoms with E-state index in [0.717, 1.165) is 17.4 Å². The minimum Gasteiger partial charge on any atom is -0.398 e. The molecule has 0 fully saturated rings. The van der Waals surface area contributed by atoms with Crippen LogP contribution in [0.25, 0.3) is 0 Å². The molecule has 1 aromatic rings. The lowest BCUT2D eigenvalue weighted by Crippen LogP contribution is -2.00. The number of rotatable bonds is 2. The monoisotopic (exact) mass is 163 g/mol. The van der Waals surface area contributed by atoms with Crippen molar-refractivity contribution in [3.05, 3.63) is 29.3 Å². The highest BCUT2D eigenvalue weighted by molar-refractivity contribution is 5.67. The Morgan fingerprint density at radius 3 is 2.67 bits per heavy atom. The van der Waals surface area contributed by atoms with Crippen LogP contribution in [0.2, 0.25) is 0 Å². The molecule has 1 atom stereocenters. The second-order valence-corrected chi connectivity index (χ2v) is 3.06. The van der Waals surface area contributed by atoms with E-state index in [4.69, 9.17) is 5.73 Å². The fourth-order valence-electron chi connectivity index (χ4n) is 1.18. The molecular formula is C10H13NO. The number of carbonyl (C=O) groups excluding carboxylic acids is 1. The molecule has 2 N–H and O–H groups in total. The SMILES string of the molecule is Cc1ccc(C(C)C=O)c(N)c1. The van der Waals surface area contributed by atoms with Crippen LogP contribution in [0.15, 0.2) is 18.2 Å². The molecule has 2 heteroatoms. The molecule has 64 valence electrons. The molecule has 0 amide bonds. The van der Waals surface area contributed by atoms with Crippen molar-refractivity contribution in [2.24, 2.45) is 0 Å². The summed E-state index contributed by atoms with van der Waals surface area (Å²) in [7, 11) is 0. The summed E-state index contributed by atoms with van der Waals surface area (Å²) in [5, 5.41) is 0. The maximum atomic E-state index is 10.5. The van der Waals surface area contributed by atoms with Gasteiger partial charge in [0.25, 0.3) is 0 Å². The van der Waals surface area contributed by atoms with Crippen molar-refractivity contribution in [3.8, 4) is 0 Å². The van der Waals surface area contributed by atoms with Gasteiger partial charge >= 0.3 is 0 Å². The maximum Gasteiger partial charge on any atom is 0.127 e. The van der Waals surface area contributed by atoms with Crippen LogP contribution in [-0.2, 0) is 4.79 Å². The predicted octanol–water partition coefficient (Wildman–Crippen LogP) is 1.88. The number of hydrogen-bond acceptors (Lipinski definition) is 2. The number of anilines is 1. The zero-order valence-electron chi connectivity index (χ0n) is 7.37. The van der Waals surface area contributed by atoms with Crippen LogP contribution in [0.1, 0.15) is 24.0 Å². The Bertz CT molecular complexity index is 294. The van der Waals surface area contributed by atoms with Crippen LogP contribution < -0.4 is 5.73 Å². The van der Waals surface area contributed by atoms with Crippen molar-refractivity contribution < 1.29 is 4.79 Å². The van der Waals surface area contributed by atoms with Crippen LogP contribution in [0.3, 0.4) is 0 Å². The van der Waals surface area contributed by atoms with E-state index < -0.39 is 0 Å². The Balaban J connectivity index is 3.09. The summed E-state index contributed by atoms with van der Waals surface area (Å²) in [5.41, 5.74) is 8.47. The zero-order valence-corrected chi connectivity index (χ0v) is 7.37. The Labute approximate surface area is 72.4 Å². The van der Waals surface area contributed by atoms with Gasteiger partial charge in [-0.15, -0.1) is 0 Å². The van der Waals surface area contributed by atoms with Crippen molar-refractivity contribution >= 4 is 12.0 Å². The molecule has 0 heterocycles. The summed E-state index contributed by atoms with van der Waals surface area (Å²) >= 11 is 0. The molecule has 0 radical (unpaired) electrons. The number of hydrogen-bond donors (Lipinski definition) is 1. The van der Waals surface area contributed by atoms with Gasteiger partial charge < -0.3 is 10.5 Å². The minimum absolute atomic E-state index is 0.106. The lowest BCUT2D eigenvalue weighted by atomic mass is 9.99. The van der Waals surface area contributed by atoms with Crippen LogP contribution in [0, 0.1) is 6.92 Å². The van der Waals surface area contributed by atoms with Crippen LogP contribution >= 0.6 is 0 Å². The van der Waals surface area contributed by atoms with E-state index in [1.807, 2.05) is 32.0 Å². The van der Waals surface area contributed by atoms with Crippen molar-refractivity contribution in [1.29, 1.82) is 0 Å². The smallest absolute Gasteiger partial charge is 0.127 e. The van der Waals surface area contributed by atoms with Gasteiger partial charge in [0.05, 0.1) is 0 Å². The van der Waals surface area contributed by atoms with E-state index in [1.54, 1.807) is 0 Å². The molecule has 0 aromatic heterocycles. The van der Waals surface area contributed by atoms with Crippen molar-refractivity contribution in [2.45, 2.75) is 19.8 Å². The Kier molecular flexibility index (Phi) is 2.48. The molecule has 0 aliphatic rings. The normalized spacial score (nSPS) is 12.5. The van der Waals surface area contributed by atoms with Gasteiger partial charge in [0.2, 0.25) is 0 Å². The third-order valence-electron chi connectivity index (χ3n) is 1.94. The molecule has 12 heavy (non-hydrogen) atoms. The predicted molar refractivity (Wildman–Crippen MR) is 50.1 cm³/mol. The highest BCUT2D eigenvalue weighted by atomic mass is 16.1. The van der Waals surface area contributed by atoms with E-state index in [0.29, 0.717) is 5.69 Å². The summed E-state index contributed by atoms with van der Waals surface area (Å²) < 4.78 is 0. The molecular weight excluding hydrogens is 150 g/mol. The maximum absolute atomic E-state index is 10.5. The molecule has 0 saturated carbocycles. The Hall–Kier alpha value is -1.31. The first-order chi connectivity index (χ1) is 5.65. The van der Waals surface area contributed by atoms with E-state index >= 15 is 0 Å². The number of aldehydes is 1. The van der Waals surface area contributed by atoms with Crippen LogP contribution in [0.5, 0.6) is 0 Å². The standard InChI is InChI=1S/C10H13NO/c1-7-3-4-9(8(2)6-12)10(11)5-7/h3-6,8H,11H2,1-2H3. The van der Waals surface area contributed by atoms with Gasteiger partial charge in [-0.25, -0.2) is 0 Å². The third-order valence-corrected chi connectivity index (χ3v) is 1.94. The van der Waals surface area contributed by atoms with Crippen LogP contribution in [0.4, 0.5) is 5.69 Å². The Morgan fingerprint density at radius 1 is 1.50 bits per heavy atom. The lowest BCUT2D eigenvalue weighted by Gasteiger charge is -2.08. The quantitative estimate of drug-likeness (QED) is 0.534. The molecule has 1 unspecified atom stereocenters. The topological polar surface area (TPSA) is 43.1 Å². The molecule has 1 rings (SSSR count). The number of carbonyl (C=O) groups is 1. The second kappa shape index (κ2) is 3.39. The van der Waals surface area contributed by atoms with Gasteiger partial charge in [-0.1, -0.05) is 19.1 Å². The molecule has 0 spiro atoms. The fraction of sp³-hybridized carbons (Fsp3) is 0.300. The number of aryl methyl sites for hydroxylation is 1. The number of nitrogen functional groups attached to an aromatic ring is 1. The third kappa shape index (κ3) is 1.64. The zero-order chi connectivity index (χ0) is 9.14. The molecule has 1 aromatic carbocycles. The first-order valence-corrected chi connectivity index (χ1v) is 3.96. The van der Waals surface area contributed by atoms with Crippen molar-refractivity contribution in [3.63, 3.8) is 0 Å². The largest absolute Gasteiger partial charge is 0.398 e. The number of nitrogens with two attached hydrogens (primary N) is 1. The Morgan fingerprint density at radius 2 is 2.17 bits per heavy atom. The average molecular weight is 163 g/mol. The molecule has 0 saturated heterocycles. The van der Waals surface area contributed by atoms with E-state index in [2.05, 4.69) is 0 Å². The highest BCUT2D eigenvalue weighted by Gasteiger charge is 2.06. The van der Waals surface area contributed by atoms with E-state index in [-0.39, 0.29) is 5.92 Å². The first kappa shape index (κ1) is 8.78. The summed E-state index contributed by atoms with van der Waals surface area (Å²) in [5.74, 6) is -0.106. The van der Waals surface area contributed by atoms with Crippen LogP contribution in [-0.4, -0.2) is 6.29 Å². The second-order valence-electron chi connectivity index (χ2n) is 3.06. The fourth-order valence-corrected chi connectivity index (χ4v) is 1.18. The van der Waals surface area contributed by atoms with E-state index in [1.165, 1.54) is 0 Å². The van der Waals surface area contributed by atoms with Gasteiger partial charge in [0.1, 0.15) is 6.29 Å². The first-order valence-electron chi connectivity index (χ1n) is 3.96. The van der Waals surface area contributed by atoms with Gasteiger partial charge in [0.15, 0.2) is 0 Å².